The summed E-state index contributed by atoms with van der Waals surface area (Å²) >= 11 is 0. The molecular weight excluding hydrogens is 176 g/mol. The monoisotopic (exact) mass is 198 g/mol. The molecule has 0 aliphatic carbocycles. The van der Waals surface area contributed by atoms with Gasteiger partial charge in [0.05, 0.1) is 0 Å². The van der Waals surface area contributed by atoms with E-state index in [-0.39, 0.29) is 17.5 Å². The Hall–Kier alpha value is -0.660. The fourth-order valence-corrected chi connectivity index (χ4v) is 1.55. The molecule has 2 heteroatoms. The Morgan fingerprint density at radius 3 is 2.21 bits per heavy atom. The van der Waals surface area contributed by atoms with Crippen molar-refractivity contribution >= 4 is 11.6 Å². The van der Waals surface area contributed by atoms with E-state index in [4.69, 9.17) is 0 Å². The van der Waals surface area contributed by atoms with Crippen LogP contribution >= 0.6 is 0 Å². The van der Waals surface area contributed by atoms with E-state index in [0.29, 0.717) is 12.8 Å². The molecule has 1 unspecified atom stereocenters. The van der Waals surface area contributed by atoms with Crippen molar-refractivity contribution in [2.24, 2.45) is 5.92 Å². The van der Waals surface area contributed by atoms with E-state index < -0.39 is 0 Å². The fourth-order valence-electron chi connectivity index (χ4n) is 1.55. The van der Waals surface area contributed by atoms with Gasteiger partial charge in [0, 0.05) is 18.8 Å². The Kier molecular flexibility index (Phi) is 7.35. The smallest absolute Gasteiger partial charge is 0.133 e. The number of unbranched alkanes of at least 4 members (excludes halogenated alkanes) is 1. The van der Waals surface area contributed by atoms with Gasteiger partial charge in [-0.1, -0.05) is 26.7 Å². The van der Waals surface area contributed by atoms with Gasteiger partial charge in [-0.3, -0.25) is 9.59 Å². The second-order valence-electron chi connectivity index (χ2n) is 3.94. The van der Waals surface area contributed by atoms with Crippen molar-refractivity contribution in [1.82, 2.24) is 0 Å². The van der Waals surface area contributed by atoms with Crippen LogP contribution in [-0.4, -0.2) is 11.6 Å². The molecule has 0 saturated heterocycles. The highest BCUT2D eigenvalue weighted by Gasteiger charge is 2.16. The summed E-state index contributed by atoms with van der Waals surface area (Å²) in [6.07, 6.45) is 4.94. The molecule has 0 aromatic carbocycles. The molecule has 0 heterocycles. The van der Waals surface area contributed by atoms with Crippen molar-refractivity contribution in [2.75, 3.05) is 0 Å². The molecule has 82 valence electrons. The minimum atomic E-state index is -0.0237. The summed E-state index contributed by atoms with van der Waals surface area (Å²) < 4.78 is 0. The molecule has 1 atom stereocenters. The Balaban J connectivity index is 3.90. The third-order valence-electron chi connectivity index (χ3n) is 2.50. The second-order valence-corrected chi connectivity index (χ2v) is 3.94. The van der Waals surface area contributed by atoms with Gasteiger partial charge < -0.3 is 0 Å². The van der Waals surface area contributed by atoms with Crippen LogP contribution in [0.4, 0.5) is 0 Å². The minimum Gasteiger partial charge on any atom is -0.300 e. The van der Waals surface area contributed by atoms with Gasteiger partial charge in [-0.2, -0.15) is 0 Å². The number of hydrogen-bond acceptors (Lipinski definition) is 2. The lowest BCUT2D eigenvalue weighted by Crippen LogP contribution is -2.15. The largest absolute Gasteiger partial charge is 0.300 e. The van der Waals surface area contributed by atoms with Crippen LogP contribution in [-0.2, 0) is 9.59 Å². The zero-order chi connectivity index (χ0) is 11.0. The highest BCUT2D eigenvalue weighted by Crippen LogP contribution is 2.14. The molecule has 0 N–H and O–H groups in total. The van der Waals surface area contributed by atoms with Crippen molar-refractivity contribution in [3.8, 4) is 0 Å². The molecule has 0 aromatic rings. The van der Waals surface area contributed by atoms with Crippen LogP contribution in [0.3, 0.4) is 0 Å². The summed E-state index contributed by atoms with van der Waals surface area (Å²) in [5.74, 6) is 0.390. The van der Waals surface area contributed by atoms with Gasteiger partial charge in [0.25, 0.3) is 0 Å². The first-order chi connectivity index (χ1) is 6.61. The van der Waals surface area contributed by atoms with E-state index in [1.54, 1.807) is 6.92 Å². The zero-order valence-corrected chi connectivity index (χ0v) is 9.64. The Labute approximate surface area is 87.1 Å². The van der Waals surface area contributed by atoms with Gasteiger partial charge in [-0.25, -0.2) is 0 Å². The van der Waals surface area contributed by atoms with Crippen molar-refractivity contribution < 1.29 is 9.59 Å². The number of carbonyl (C=O) groups excluding carboxylic acids is 2. The lowest BCUT2D eigenvalue weighted by molar-refractivity contribution is -0.127. The van der Waals surface area contributed by atoms with E-state index in [9.17, 15) is 9.59 Å². The molecule has 0 radical (unpaired) electrons. The number of rotatable bonds is 8. The highest BCUT2D eigenvalue weighted by atomic mass is 16.1. The number of ketones is 2. The molecule has 0 aliphatic rings. The van der Waals surface area contributed by atoms with E-state index in [2.05, 4.69) is 6.92 Å². The summed E-state index contributed by atoms with van der Waals surface area (Å²) in [6, 6.07) is 0. The van der Waals surface area contributed by atoms with Crippen LogP contribution < -0.4 is 0 Å². The molecule has 2 nitrogen and oxygen atoms in total. The molecular formula is C12H22O2. The van der Waals surface area contributed by atoms with Gasteiger partial charge in [0.2, 0.25) is 0 Å². The molecule has 0 rings (SSSR count). The summed E-state index contributed by atoms with van der Waals surface area (Å²) in [5.41, 5.74) is 0. The van der Waals surface area contributed by atoms with E-state index in [1.165, 1.54) is 0 Å². The molecule has 0 amide bonds. The van der Waals surface area contributed by atoms with Crippen LogP contribution in [0.5, 0.6) is 0 Å². The topological polar surface area (TPSA) is 34.1 Å². The van der Waals surface area contributed by atoms with Gasteiger partial charge in [0.1, 0.15) is 11.6 Å². The van der Waals surface area contributed by atoms with Crippen LogP contribution in [0.1, 0.15) is 59.3 Å². The average Bonchev–Trinajstić information content (AvgIpc) is 2.14. The van der Waals surface area contributed by atoms with Crippen LogP contribution in [0.15, 0.2) is 0 Å². The van der Waals surface area contributed by atoms with E-state index in [1.807, 2.05) is 6.92 Å². The average molecular weight is 198 g/mol. The molecule has 14 heavy (non-hydrogen) atoms. The first kappa shape index (κ1) is 13.3. The molecule has 0 saturated carbocycles. The summed E-state index contributed by atoms with van der Waals surface area (Å²) in [6.45, 7) is 5.71. The Morgan fingerprint density at radius 2 is 1.79 bits per heavy atom. The third kappa shape index (κ3) is 5.90. The lowest BCUT2D eigenvalue weighted by Gasteiger charge is -2.11. The third-order valence-corrected chi connectivity index (χ3v) is 2.50. The van der Waals surface area contributed by atoms with Crippen molar-refractivity contribution in [2.45, 2.75) is 59.3 Å². The normalized spacial score (nSPS) is 12.5. The first-order valence-corrected chi connectivity index (χ1v) is 5.63. The van der Waals surface area contributed by atoms with Gasteiger partial charge in [0.15, 0.2) is 0 Å². The van der Waals surface area contributed by atoms with Gasteiger partial charge >= 0.3 is 0 Å². The standard InChI is InChI=1S/C12H22O2/c1-4-6-8-12(14)9-11(7-5-2)10(3)13/h11H,4-9H2,1-3H3. The number of hydrogen-bond donors (Lipinski definition) is 0. The zero-order valence-electron chi connectivity index (χ0n) is 9.64. The van der Waals surface area contributed by atoms with Gasteiger partial charge in [-0.05, 0) is 19.8 Å². The Bertz CT molecular complexity index is 185. The van der Waals surface area contributed by atoms with Crippen LogP contribution in [0.25, 0.3) is 0 Å². The first-order valence-electron chi connectivity index (χ1n) is 5.63. The van der Waals surface area contributed by atoms with Crippen molar-refractivity contribution in [3.05, 3.63) is 0 Å². The molecule has 0 aromatic heterocycles. The highest BCUT2D eigenvalue weighted by molar-refractivity contribution is 5.86. The van der Waals surface area contributed by atoms with Crippen molar-refractivity contribution in [3.63, 3.8) is 0 Å². The molecule has 0 bridgehead atoms. The lowest BCUT2D eigenvalue weighted by atomic mass is 9.92. The number of carbonyl (C=O) groups is 2. The number of Topliss-reactive ketones (excluding diaryl/α,β-unsaturated/α-hetero) is 2. The van der Waals surface area contributed by atoms with E-state index in [0.717, 1.165) is 25.7 Å². The molecule has 0 spiro atoms. The summed E-state index contributed by atoms with van der Waals surface area (Å²) in [5, 5.41) is 0. The predicted octanol–water partition coefficient (Wildman–Crippen LogP) is 3.14. The SMILES string of the molecule is CCCCC(=O)CC(CCC)C(C)=O. The maximum Gasteiger partial charge on any atom is 0.133 e. The maximum atomic E-state index is 11.4. The summed E-state index contributed by atoms with van der Waals surface area (Å²) in [7, 11) is 0. The molecule has 0 aliphatic heterocycles. The van der Waals surface area contributed by atoms with E-state index >= 15 is 0 Å². The van der Waals surface area contributed by atoms with Gasteiger partial charge in [-0.15, -0.1) is 0 Å². The quantitative estimate of drug-likeness (QED) is 0.600. The summed E-state index contributed by atoms with van der Waals surface area (Å²) in [4.78, 5) is 22.6. The fraction of sp³-hybridized carbons (Fsp3) is 0.833. The molecule has 0 fully saturated rings. The van der Waals surface area contributed by atoms with Crippen molar-refractivity contribution in [1.29, 1.82) is 0 Å². The van der Waals surface area contributed by atoms with Crippen LogP contribution in [0, 0.1) is 5.92 Å². The maximum absolute atomic E-state index is 11.4. The minimum absolute atomic E-state index is 0.0237. The second kappa shape index (κ2) is 7.72. The predicted molar refractivity (Wildman–Crippen MR) is 58.2 cm³/mol. The van der Waals surface area contributed by atoms with Crippen LogP contribution in [0.2, 0.25) is 0 Å². The Morgan fingerprint density at radius 1 is 1.14 bits per heavy atom.